The first kappa shape index (κ1) is 19.4. The molecule has 5 heteroatoms. The summed E-state index contributed by atoms with van der Waals surface area (Å²) in [4.78, 5) is 20.8. The second-order valence-electron chi connectivity index (χ2n) is 5.33. The van der Waals surface area contributed by atoms with E-state index in [0.29, 0.717) is 24.5 Å². The summed E-state index contributed by atoms with van der Waals surface area (Å²) in [5.41, 5.74) is 0.427. The molecule has 118 valence electrons. The molecule has 0 heterocycles. The fourth-order valence-electron chi connectivity index (χ4n) is 1.80. The Morgan fingerprint density at radius 2 is 1.65 bits per heavy atom. The van der Waals surface area contributed by atoms with Crippen LogP contribution in [0.25, 0.3) is 0 Å². The van der Waals surface area contributed by atoms with Gasteiger partial charge in [-0.15, -0.1) is 0 Å². The molecule has 0 spiro atoms. The number of carbonyl (C=O) groups excluding carboxylic acids is 1. The first-order chi connectivity index (χ1) is 9.39. The number of ether oxygens (including phenoxy) is 1. The lowest BCUT2D eigenvalue weighted by atomic mass is 10.2. The van der Waals surface area contributed by atoms with Crippen LogP contribution < -0.4 is 0 Å². The Labute approximate surface area is 123 Å². The molecule has 20 heavy (non-hydrogen) atoms. The van der Waals surface area contributed by atoms with Crippen LogP contribution in [0.1, 0.15) is 58.8 Å². The highest BCUT2D eigenvalue weighted by Crippen LogP contribution is 2.42. The van der Waals surface area contributed by atoms with Crippen molar-refractivity contribution in [1.82, 2.24) is 0 Å². The highest BCUT2D eigenvalue weighted by molar-refractivity contribution is 7.57. The first-order valence-electron chi connectivity index (χ1n) is 7.52. The van der Waals surface area contributed by atoms with Gasteiger partial charge in [-0.05, 0) is 26.2 Å². The average Bonchev–Trinajstić information content (AvgIpc) is 2.39. The maximum absolute atomic E-state index is 11.7. The van der Waals surface area contributed by atoms with Gasteiger partial charge < -0.3 is 9.63 Å². The van der Waals surface area contributed by atoms with Crippen molar-refractivity contribution in [2.45, 2.75) is 58.8 Å². The van der Waals surface area contributed by atoms with E-state index in [1.165, 1.54) is 0 Å². The molecule has 0 aromatic heterocycles. The van der Waals surface area contributed by atoms with Gasteiger partial charge in [0, 0.05) is 17.9 Å². The highest BCUT2D eigenvalue weighted by atomic mass is 31.2. The SMILES string of the molecule is C=C(C)C(=O)OCCCCCCCP(=O)(O)CCCC. The lowest BCUT2D eigenvalue weighted by Gasteiger charge is -2.10. The second-order valence-corrected chi connectivity index (χ2v) is 7.92. The lowest BCUT2D eigenvalue weighted by Crippen LogP contribution is -2.06. The average molecular weight is 304 g/mol. The first-order valence-corrected chi connectivity index (χ1v) is 9.55. The van der Waals surface area contributed by atoms with Crippen LogP contribution in [0.4, 0.5) is 0 Å². The van der Waals surface area contributed by atoms with Crippen LogP contribution in [0.3, 0.4) is 0 Å². The molecule has 1 unspecified atom stereocenters. The summed E-state index contributed by atoms with van der Waals surface area (Å²) < 4.78 is 16.7. The molecule has 0 aliphatic rings. The van der Waals surface area contributed by atoms with Crippen LogP contribution in [0.5, 0.6) is 0 Å². The Bertz CT molecular complexity index is 339. The van der Waals surface area contributed by atoms with Crippen LogP contribution in [0, 0.1) is 0 Å². The van der Waals surface area contributed by atoms with Crippen LogP contribution >= 0.6 is 7.37 Å². The molecule has 4 nitrogen and oxygen atoms in total. The van der Waals surface area contributed by atoms with Crippen molar-refractivity contribution < 1.29 is 19.0 Å². The van der Waals surface area contributed by atoms with E-state index in [1.54, 1.807) is 6.92 Å². The summed E-state index contributed by atoms with van der Waals surface area (Å²) in [7, 11) is -2.87. The van der Waals surface area contributed by atoms with Gasteiger partial charge in [-0.1, -0.05) is 39.2 Å². The number of carbonyl (C=O) groups is 1. The Balaban J connectivity index is 3.43. The van der Waals surface area contributed by atoms with Gasteiger partial charge >= 0.3 is 5.97 Å². The summed E-state index contributed by atoms with van der Waals surface area (Å²) in [5.74, 6) is -0.331. The number of rotatable bonds is 12. The summed E-state index contributed by atoms with van der Waals surface area (Å²) in [6, 6.07) is 0. The second kappa shape index (κ2) is 11.1. The zero-order valence-corrected chi connectivity index (χ0v) is 13.8. The smallest absolute Gasteiger partial charge is 0.333 e. The third kappa shape index (κ3) is 11.2. The Morgan fingerprint density at radius 3 is 2.25 bits per heavy atom. The van der Waals surface area contributed by atoms with Crippen molar-refractivity contribution in [1.29, 1.82) is 0 Å². The quantitative estimate of drug-likeness (QED) is 0.255. The summed E-state index contributed by atoms with van der Waals surface area (Å²) in [6.07, 6.45) is 7.31. The van der Waals surface area contributed by atoms with Gasteiger partial charge in [-0.25, -0.2) is 4.79 Å². The maximum Gasteiger partial charge on any atom is 0.333 e. The van der Waals surface area contributed by atoms with Crippen LogP contribution in [-0.2, 0) is 14.1 Å². The molecule has 0 saturated carbocycles. The molecule has 0 aromatic rings. The lowest BCUT2D eigenvalue weighted by molar-refractivity contribution is -0.139. The molecular formula is C15H29O4P. The fraction of sp³-hybridized carbons (Fsp3) is 0.800. The normalized spacial score (nSPS) is 13.8. The number of esters is 1. The minimum Gasteiger partial charge on any atom is -0.462 e. The minimum atomic E-state index is -2.87. The monoisotopic (exact) mass is 304 g/mol. The molecule has 0 bridgehead atoms. The van der Waals surface area contributed by atoms with Crippen molar-refractivity contribution in [3.8, 4) is 0 Å². The van der Waals surface area contributed by atoms with Crippen molar-refractivity contribution in [3.63, 3.8) is 0 Å². The van der Waals surface area contributed by atoms with E-state index in [4.69, 9.17) is 4.74 Å². The van der Waals surface area contributed by atoms with E-state index in [9.17, 15) is 14.3 Å². The van der Waals surface area contributed by atoms with Gasteiger partial charge in [0.15, 0.2) is 0 Å². The molecule has 0 aliphatic heterocycles. The Morgan fingerprint density at radius 1 is 1.10 bits per heavy atom. The van der Waals surface area contributed by atoms with Crippen molar-refractivity contribution >= 4 is 13.3 Å². The van der Waals surface area contributed by atoms with Crippen molar-refractivity contribution in [3.05, 3.63) is 12.2 Å². The minimum absolute atomic E-state index is 0.331. The van der Waals surface area contributed by atoms with Crippen molar-refractivity contribution in [2.75, 3.05) is 18.9 Å². The number of unbranched alkanes of at least 4 members (excludes halogenated alkanes) is 5. The van der Waals surface area contributed by atoms with E-state index < -0.39 is 7.37 Å². The van der Waals surface area contributed by atoms with Gasteiger partial charge in [0.1, 0.15) is 0 Å². The molecule has 1 N–H and O–H groups in total. The topological polar surface area (TPSA) is 63.6 Å². The van der Waals surface area contributed by atoms with Crippen molar-refractivity contribution in [2.24, 2.45) is 0 Å². The van der Waals surface area contributed by atoms with Gasteiger partial charge in [-0.3, -0.25) is 4.57 Å². The van der Waals surface area contributed by atoms with Crippen LogP contribution in [0.15, 0.2) is 12.2 Å². The zero-order valence-electron chi connectivity index (χ0n) is 12.9. The van der Waals surface area contributed by atoms with Gasteiger partial charge in [-0.2, -0.15) is 0 Å². The van der Waals surface area contributed by atoms with E-state index in [-0.39, 0.29) is 5.97 Å². The van der Waals surface area contributed by atoms with Gasteiger partial charge in [0.2, 0.25) is 7.37 Å². The predicted molar refractivity (Wildman–Crippen MR) is 83.3 cm³/mol. The number of hydrogen-bond acceptors (Lipinski definition) is 3. The van der Waals surface area contributed by atoms with Gasteiger partial charge in [0.25, 0.3) is 0 Å². The standard InChI is InChI=1S/C15H29O4P/c1-4-5-12-20(17,18)13-10-8-6-7-9-11-19-15(16)14(2)3/h2,4-13H2,1,3H3,(H,17,18). The van der Waals surface area contributed by atoms with Crippen LogP contribution in [0.2, 0.25) is 0 Å². The predicted octanol–water partition coefficient (Wildman–Crippen LogP) is 4.13. The molecular weight excluding hydrogens is 275 g/mol. The molecule has 0 rings (SSSR count). The summed E-state index contributed by atoms with van der Waals surface area (Å²) in [6.45, 7) is 7.61. The van der Waals surface area contributed by atoms with E-state index in [1.807, 2.05) is 6.92 Å². The van der Waals surface area contributed by atoms with Crippen LogP contribution in [-0.4, -0.2) is 29.8 Å². The zero-order chi connectivity index (χ0) is 15.4. The molecule has 0 radical (unpaired) electrons. The molecule has 0 aliphatic carbocycles. The van der Waals surface area contributed by atoms with Gasteiger partial charge in [0.05, 0.1) is 6.61 Å². The Hall–Kier alpha value is -0.600. The third-order valence-corrected chi connectivity index (χ3v) is 5.12. The van der Waals surface area contributed by atoms with E-state index >= 15 is 0 Å². The summed E-state index contributed by atoms with van der Waals surface area (Å²) in [5, 5.41) is 0. The highest BCUT2D eigenvalue weighted by Gasteiger charge is 2.15. The van der Waals surface area contributed by atoms with E-state index in [2.05, 4.69) is 6.58 Å². The molecule has 0 aromatic carbocycles. The molecule has 0 saturated heterocycles. The maximum atomic E-state index is 11.7. The fourth-order valence-corrected chi connectivity index (χ4v) is 3.55. The van der Waals surface area contributed by atoms with E-state index in [0.717, 1.165) is 44.9 Å². The molecule has 1 atom stereocenters. The largest absolute Gasteiger partial charge is 0.462 e. The number of hydrogen-bond donors (Lipinski definition) is 1. The summed E-state index contributed by atoms with van der Waals surface area (Å²) >= 11 is 0. The third-order valence-electron chi connectivity index (χ3n) is 3.09. The molecule has 0 fully saturated rings. The molecule has 0 amide bonds. The Kier molecular flexibility index (Phi) is 10.8.